The highest BCUT2D eigenvalue weighted by Gasteiger charge is 2.19. The molecule has 3 nitrogen and oxygen atoms in total. The number of nitrogens with zero attached hydrogens (tertiary/aromatic N) is 2. The number of aliphatic hydroxyl groups excluding tert-OH is 1. The predicted octanol–water partition coefficient (Wildman–Crippen LogP) is 2.92. The Hall–Kier alpha value is -1.87. The molecule has 0 atom stereocenters. The lowest BCUT2D eigenvalue weighted by Gasteiger charge is -2.28. The third-order valence-corrected chi connectivity index (χ3v) is 3.19. The lowest BCUT2D eigenvalue weighted by Crippen LogP contribution is -2.31. The Kier molecular flexibility index (Phi) is 3.95. The quantitative estimate of drug-likeness (QED) is 0.651. The Morgan fingerprint density at radius 3 is 2.67 bits per heavy atom. The van der Waals surface area contributed by atoms with E-state index >= 15 is 0 Å². The molecule has 3 heteroatoms. The van der Waals surface area contributed by atoms with Crippen molar-refractivity contribution in [2.45, 2.75) is 13.0 Å². The van der Waals surface area contributed by atoms with Crippen LogP contribution < -0.4 is 0 Å². The smallest absolute Gasteiger partial charge is 0.113 e. The van der Waals surface area contributed by atoms with E-state index in [4.69, 9.17) is 0 Å². The zero-order valence-electron chi connectivity index (χ0n) is 10.5. The Balaban J connectivity index is 2.08. The number of benzene rings is 1. The molecule has 0 radical (unpaired) electrons. The third-order valence-electron chi connectivity index (χ3n) is 3.19. The van der Waals surface area contributed by atoms with Gasteiger partial charge in [-0.3, -0.25) is 9.89 Å². The molecular formula is C15H18N2O. The summed E-state index contributed by atoms with van der Waals surface area (Å²) >= 11 is 0. The zero-order chi connectivity index (χ0) is 13.0. The van der Waals surface area contributed by atoms with Crippen LogP contribution in [0.5, 0.6) is 0 Å². The molecule has 94 valence electrons. The van der Waals surface area contributed by atoms with Crippen LogP contribution in [0.1, 0.15) is 12.0 Å². The van der Waals surface area contributed by atoms with Crippen molar-refractivity contribution < 1.29 is 5.11 Å². The molecule has 0 bridgehead atoms. The molecule has 0 fully saturated rings. The summed E-state index contributed by atoms with van der Waals surface area (Å²) in [6, 6.07) is 10.3. The molecule has 0 saturated carbocycles. The Morgan fingerprint density at radius 2 is 2.06 bits per heavy atom. The molecule has 1 aromatic rings. The number of rotatable bonds is 4. The van der Waals surface area contributed by atoms with Crippen molar-refractivity contribution in [2.75, 3.05) is 13.1 Å². The van der Waals surface area contributed by atoms with Gasteiger partial charge in [0.2, 0.25) is 0 Å². The molecule has 1 aliphatic heterocycles. The zero-order valence-corrected chi connectivity index (χ0v) is 10.5. The van der Waals surface area contributed by atoms with Crippen LogP contribution >= 0.6 is 0 Å². The molecule has 1 N–H and O–H groups in total. The van der Waals surface area contributed by atoms with Crippen molar-refractivity contribution in [3.05, 3.63) is 59.5 Å². The number of aliphatic imine (C=N–C) groups is 1. The van der Waals surface area contributed by atoms with Gasteiger partial charge in [0.05, 0.1) is 5.70 Å². The second-order valence-electron chi connectivity index (χ2n) is 4.48. The average Bonchev–Trinajstić information content (AvgIpc) is 2.39. The van der Waals surface area contributed by atoms with E-state index < -0.39 is 0 Å². The highest BCUT2D eigenvalue weighted by Crippen LogP contribution is 2.23. The van der Waals surface area contributed by atoms with E-state index in [-0.39, 0.29) is 5.76 Å². The van der Waals surface area contributed by atoms with Gasteiger partial charge < -0.3 is 5.11 Å². The van der Waals surface area contributed by atoms with Crippen molar-refractivity contribution >= 4 is 6.72 Å². The number of aliphatic hydroxyl groups is 1. The van der Waals surface area contributed by atoms with Crippen molar-refractivity contribution in [1.82, 2.24) is 4.90 Å². The van der Waals surface area contributed by atoms with Gasteiger partial charge in [-0.2, -0.15) is 0 Å². The Bertz CT molecular complexity index is 477. The average molecular weight is 242 g/mol. The predicted molar refractivity (Wildman–Crippen MR) is 74.7 cm³/mol. The maximum absolute atomic E-state index is 9.50. The molecule has 18 heavy (non-hydrogen) atoms. The molecule has 1 aromatic carbocycles. The van der Waals surface area contributed by atoms with E-state index in [1.54, 1.807) is 0 Å². The number of hydrogen-bond acceptors (Lipinski definition) is 3. The summed E-state index contributed by atoms with van der Waals surface area (Å²) in [4.78, 5) is 6.31. The Morgan fingerprint density at radius 1 is 1.33 bits per heavy atom. The van der Waals surface area contributed by atoms with E-state index in [9.17, 15) is 5.11 Å². The monoisotopic (exact) mass is 242 g/mol. The first-order valence-electron chi connectivity index (χ1n) is 6.04. The first-order chi connectivity index (χ1) is 8.70. The van der Waals surface area contributed by atoms with Crippen molar-refractivity contribution in [1.29, 1.82) is 0 Å². The summed E-state index contributed by atoms with van der Waals surface area (Å²) < 4.78 is 0. The van der Waals surface area contributed by atoms with Crippen LogP contribution in [0.4, 0.5) is 0 Å². The van der Waals surface area contributed by atoms with Gasteiger partial charge in [-0.15, -0.1) is 0 Å². The Labute approximate surface area is 108 Å². The van der Waals surface area contributed by atoms with Gasteiger partial charge in [-0.1, -0.05) is 36.9 Å². The van der Waals surface area contributed by atoms with Crippen molar-refractivity contribution in [2.24, 2.45) is 4.99 Å². The standard InChI is InChI=1S/C15H18N2O/c1-12(18)14-8-9-17(11-15(14)16-2)10-13-6-4-3-5-7-13/h3-7,18H,1-2,8-11H2. The third kappa shape index (κ3) is 2.87. The summed E-state index contributed by atoms with van der Waals surface area (Å²) in [6.45, 7) is 9.66. The van der Waals surface area contributed by atoms with Gasteiger partial charge in [0.1, 0.15) is 5.76 Å². The fourth-order valence-corrected chi connectivity index (χ4v) is 2.23. The van der Waals surface area contributed by atoms with Crippen LogP contribution in [-0.4, -0.2) is 29.8 Å². The molecule has 0 aromatic heterocycles. The van der Waals surface area contributed by atoms with Gasteiger partial charge >= 0.3 is 0 Å². The number of allylic oxidation sites excluding steroid dienone is 1. The van der Waals surface area contributed by atoms with Crippen molar-refractivity contribution in [3.8, 4) is 0 Å². The SMILES string of the molecule is C=NC1=C(C(=C)O)CCN(Cc2ccccc2)C1. The molecular weight excluding hydrogens is 224 g/mol. The van der Waals surface area contributed by atoms with Gasteiger partial charge in [-0.05, 0) is 18.7 Å². The minimum Gasteiger partial charge on any atom is -0.508 e. The fourth-order valence-electron chi connectivity index (χ4n) is 2.23. The molecule has 0 spiro atoms. The highest BCUT2D eigenvalue weighted by molar-refractivity contribution is 5.37. The summed E-state index contributed by atoms with van der Waals surface area (Å²) in [7, 11) is 0. The maximum Gasteiger partial charge on any atom is 0.113 e. The fraction of sp³-hybridized carbons (Fsp3) is 0.267. The van der Waals surface area contributed by atoms with Crippen LogP contribution in [0.2, 0.25) is 0 Å². The lowest BCUT2D eigenvalue weighted by molar-refractivity contribution is 0.271. The van der Waals surface area contributed by atoms with E-state index in [2.05, 4.69) is 35.3 Å². The van der Waals surface area contributed by atoms with Crippen LogP contribution in [0, 0.1) is 0 Å². The van der Waals surface area contributed by atoms with E-state index in [1.165, 1.54) is 5.56 Å². The first-order valence-corrected chi connectivity index (χ1v) is 6.04. The van der Waals surface area contributed by atoms with E-state index in [1.807, 2.05) is 18.2 Å². The lowest BCUT2D eigenvalue weighted by atomic mass is 10.0. The van der Waals surface area contributed by atoms with Crippen LogP contribution in [0.25, 0.3) is 0 Å². The second-order valence-corrected chi connectivity index (χ2v) is 4.48. The summed E-state index contributed by atoms with van der Waals surface area (Å²) in [5.41, 5.74) is 2.96. The molecule has 0 amide bonds. The second kappa shape index (κ2) is 5.65. The van der Waals surface area contributed by atoms with Crippen molar-refractivity contribution in [3.63, 3.8) is 0 Å². The maximum atomic E-state index is 9.50. The van der Waals surface area contributed by atoms with Gasteiger partial charge in [0.15, 0.2) is 0 Å². The minimum absolute atomic E-state index is 0.122. The topological polar surface area (TPSA) is 35.8 Å². The molecule has 0 saturated heterocycles. The van der Waals surface area contributed by atoms with Crippen LogP contribution in [0.15, 0.2) is 58.9 Å². The van der Waals surface area contributed by atoms with Gasteiger partial charge in [0.25, 0.3) is 0 Å². The summed E-state index contributed by atoms with van der Waals surface area (Å²) in [6.07, 6.45) is 0.774. The summed E-state index contributed by atoms with van der Waals surface area (Å²) in [5.74, 6) is 0.122. The first kappa shape index (κ1) is 12.6. The van der Waals surface area contributed by atoms with Gasteiger partial charge in [0, 0.05) is 25.2 Å². The highest BCUT2D eigenvalue weighted by atomic mass is 16.3. The van der Waals surface area contributed by atoms with Crippen LogP contribution in [-0.2, 0) is 6.54 Å². The van der Waals surface area contributed by atoms with Gasteiger partial charge in [-0.25, -0.2) is 0 Å². The summed E-state index contributed by atoms with van der Waals surface area (Å²) in [5, 5.41) is 9.50. The minimum atomic E-state index is 0.122. The molecule has 0 unspecified atom stereocenters. The molecule has 1 heterocycles. The van der Waals surface area contributed by atoms with E-state index in [0.29, 0.717) is 6.54 Å². The largest absolute Gasteiger partial charge is 0.508 e. The number of hydrogen-bond donors (Lipinski definition) is 1. The molecule has 0 aliphatic carbocycles. The molecule has 1 aliphatic rings. The van der Waals surface area contributed by atoms with E-state index in [0.717, 1.165) is 30.8 Å². The van der Waals surface area contributed by atoms with Crippen LogP contribution in [0.3, 0.4) is 0 Å². The normalized spacial score (nSPS) is 16.7. The molecule has 2 rings (SSSR count).